The van der Waals surface area contributed by atoms with Gasteiger partial charge in [-0.15, -0.1) is 0 Å². The molecule has 4 N–H and O–H groups in total. The van der Waals surface area contributed by atoms with E-state index in [-0.39, 0.29) is 83.8 Å². The molecule has 0 saturated heterocycles. The second-order valence-corrected chi connectivity index (χ2v) is 1.86. The molecule has 0 heterocycles. The van der Waals surface area contributed by atoms with Crippen LogP contribution in [0.15, 0.2) is 0 Å². The van der Waals surface area contributed by atoms with Gasteiger partial charge in [-0.3, -0.25) is 9.44 Å². The third-order valence-electron chi connectivity index (χ3n) is 0.172. The first-order valence-electron chi connectivity index (χ1n) is 1.68. The largest absolute Gasteiger partial charge is 1.00 e. The van der Waals surface area contributed by atoms with E-state index >= 15 is 0 Å². The number of rotatable bonds is 1. The molecule has 0 unspecified atom stereocenters. The number of carbonyl (C=O) groups is 1. The van der Waals surface area contributed by atoms with Gasteiger partial charge in [0.25, 0.3) is 0 Å². The maximum Gasteiger partial charge on any atom is 1.00 e. The molecule has 0 fully saturated rings. The summed E-state index contributed by atoms with van der Waals surface area (Å²) in [6, 6.07) is 0. The fourth-order valence-electron chi connectivity index (χ4n) is 0. The van der Waals surface area contributed by atoms with Gasteiger partial charge in [-0.25, -0.2) is 10.1 Å². The van der Waals surface area contributed by atoms with Crippen molar-refractivity contribution in [1.29, 1.82) is 0 Å². The molecule has 9 nitrogen and oxygen atoms in total. The summed E-state index contributed by atoms with van der Waals surface area (Å²) in [4.78, 5) is 11.6. The molecule has 0 radical (unpaired) electrons. The molecule has 0 aliphatic rings. The van der Waals surface area contributed by atoms with Crippen LogP contribution in [0, 0.1) is 0 Å². The Balaban J connectivity index is -0.0000000215. The second kappa shape index (κ2) is 13.7. The molecule has 0 aromatic heterocycles. The van der Waals surface area contributed by atoms with E-state index in [1.807, 2.05) is 0 Å². The van der Waals surface area contributed by atoms with Gasteiger partial charge in [0.15, 0.2) is 0 Å². The van der Waals surface area contributed by atoms with Crippen LogP contribution < -0.4 is 80.9 Å². The van der Waals surface area contributed by atoms with Gasteiger partial charge in [0, 0.05) is 0 Å². The van der Waals surface area contributed by atoms with Crippen molar-refractivity contribution in [3.63, 3.8) is 0 Å². The Morgan fingerprint density at radius 1 is 1.31 bits per heavy atom. The Morgan fingerprint density at radius 2 is 1.46 bits per heavy atom. The molecule has 0 aromatic carbocycles. The molecule has 0 rings (SSSR count). The summed E-state index contributed by atoms with van der Waals surface area (Å²) in [6.07, 6.45) is -1.69. The zero-order valence-electron chi connectivity index (χ0n) is 8.74. The van der Waals surface area contributed by atoms with Crippen LogP contribution in [-0.2, 0) is 19.6 Å². The average Bonchev–Trinajstić information content (AvgIpc) is 1.88. The average molecular weight is 256 g/mol. The quantitative estimate of drug-likeness (QED) is 0.155. The third kappa shape index (κ3) is 41.8. The summed E-state index contributed by atoms with van der Waals surface area (Å²) < 4.78 is 28.0. The van der Waals surface area contributed by atoms with Crippen molar-refractivity contribution in [3.05, 3.63) is 0 Å². The van der Waals surface area contributed by atoms with Crippen molar-refractivity contribution >= 4 is 16.6 Å². The van der Waals surface area contributed by atoms with Gasteiger partial charge in [0.2, 0.25) is 0 Å². The van der Waals surface area contributed by atoms with Crippen LogP contribution in [0.4, 0.5) is 4.79 Å². The molecule has 72 valence electrons. The van der Waals surface area contributed by atoms with E-state index in [0.717, 1.165) is 0 Å². The smallest absolute Gasteiger partial charge is 1.00 e. The van der Waals surface area contributed by atoms with Crippen molar-refractivity contribution in [2.24, 2.45) is 0 Å². The van der Waals surface area contributed by atoms with Gasteiger partial charge < -0.3 is 7.96 Å². The van der Waals surface area contributed by atoms with E-state index in [2.05, 4.69) is 9.22 Å². The van der Waals surface area contributed by atoms with Gasteiger partial charge in [-0.05, 0) is 0 Å². The standard InChI is InChI=1S/CH2O4.K.Na.H2O5S.2H/c2-1(3)5-4;;;1-5-6(2,3)4;;/h4H,(H,2,3);;;1H,(H,2,3,4);;/q;2*+1;;2*-1. The molecule has 0 saturated carbocycles. The summed E-state index contributed by atoms with van der Waals surface area (Å²) in [5.74, 6) is 0. The van der Waals surface area contributed by atoms with Gasteiger partial charge in [-0.2, -0.15) is 13.7 Å². The molecule has 0 bridgehead atoms. The van der Waals surface area contributed by atoms with E-state index in [4.69, 9.17) is 33.4 Å². The van der Waals surface area contributed by atoms with Crippen molar-refractivity contribution < 1.29 is 126 Å². The maximum atomic E-state index is 9.08. The summed E-state index contributed by atoms with van der Waals surface area (Å²) in [6.45, 7) is 0. The zero-order valence-corrected chi connectivity index (χ0v) is 12.7. The predicted molar refractivity (Wildman–Crippen MR) is 29.2 cm³/mol. The number of hydrogen-bond acceptors (Lipinski definition) is 7. The molecule has 0 aromatic rings. The van der Waals surface area contributed by atoms with Crippen molar-refractivity contribution in [1.82, 2.24) is 0 Å². The Bertz CT molecular complexity index is 206. The van der Waals surface area contributed by atoms with Gasteiger partial charge in [-0.1, -0.05) is 4.33 Å². The molecule has 12 heteroatoms. The molecule has 0 amide bonds. The monoisotopic (exact) mass is 256 g/mol. The predicted octanol–water partition coefficient (Wildman–Crippen LogP) is -6.33. The zero-order chi connectivity index (χ0) is 9.49. The second-order valence-electron chi connectivity index (χ2n) is 0.859. The van der Waals surface area contributed by atoms with Crippen LogP contribution in [0.3, 0.4) is 0 Å². The van der Waals surface area contributed by atoms with E-state index < -0.39 is 16.6 Å². The van der Waals surface area contributed by atoms with Gasteiger partial charge in [0.05, 0.1) is 0 Å². The normalized spacial score (nSPS) is 7.92. The van der Waals surface area contributed by atoms with Crippen molar-refractivity contribution in [2.45, 2.75) is 0 Å². The summed E-state index contributed by atoms with van der Waals surface area (Å²) in [5, 5.41) is 21.4. The SMILES string of the molecule is O=C(O)OO.O=S(=O)(O)OO.[H-].[H-].[K+].[Na+]. The first-order chi connectivity index (χ1) is 4.83. The van der Waals surface area contributed by atoms with Gasteiger partial charge >= 0.3 is 97.5 Å². The Kier molecular flexibility index (Phi) is 25.4. The maximum absolute atomic E-state index is 9.08. The van der Waals surface area contributed by atoms with E-state index in [1.165, 1.54) is 0 Å². The van der Waals surface area contributed by atoms with Crippen molar-refractivity contribution in [3.8, 4) is 0 Å². The minimum atomic E-state index is -4.61. The van der Waals surface area contributed by atoms with E-state index in [1.54, 1.807) is 0 Å². The fraction of sp³-hybridized carbons (Fsp3) is 0. The van der Waals surface area contributed by atoms with E-state index in [9.17, 15) is 0 Å². The Morgan fingerprint density at radius 3 is 1.46 bits per heavy atom. The Labute approximate surface area is 141 Å². The molecule has 0 spiro atoms. The minimum absolute atomic E-state index is 0. The van der Waals surface area contributed by atoms with Crippen LogP contribution in [0.5, 0.6) is 0 Å². The Hall–Kier alpha value is 1.70. The topological polar surface area (TPSA) is 151 Å². The molecular weight excluding hydrogens is 250 g/mol. The summed E-state index contributed by atoms with van der Waals surface area (Å²) in [5.41, 5.74) is 0. The molecule has 0 atom stereocenters. The molecular formula is CH6KNaO9S. The molecule has 13 heavy (non-hydrogen) atoms. The fourth-order valence-corrected chi connectivity index (χ4v) is 0. The molecule has 0 aliphatic heterocycles. The number of carboxylic acid groups (broad SMARTS) is 1. The first-order valence-corrected chi connectivity index (χ1v) is 3.04. The third-order valence-corrected chi connectivity index (χ3v) is 0.361. The van der Waals surface area contributed by atoms with Gasteiger partial charge in [0.1, 0.15) is 0 Å². The van der Waals surface area contributed by atoms with Crippen LogP contribution in [0.25, 0.3) is 0 Å². The van der Waals surface area contributed by atoms with E-state index in [0.29, 0.717) is 0 Å². The number of hydrogen-bond donors (Lipinski definition) is 4. The van der Waals surface area contributed by atoms with Crippen LogP contribution in [-0.4, -0.2) is 34.7 Å². The van der Waals surface area contributed by atoms with Crippen LogP contribution >= 0.6 is 0 Å². The van der Waals surface area contributed by atoms with Crippen LogP contribution in [0.1, 0.15) is 2.85 Å². The summed E-state index contributed by atoms with van der Waals surface area (Å²) >= 11 is 0. The first kappa shape index (κ1) is 24.1. The minimum Gasteiger partial charge on any atom is -1.00 e. The molecule has 0 aliphatic carbocycles. The van der Waals surface area contributed by atoms with Crippen LogP contribution in [0.2, 0.25) is 0 Å². The van der Waals surface area contributed by atoms with Crippen molar-refractivity contribution in [2.75, 3.05) is 0 Å². The summed E-state index contributed by atoms with van der Waals surface area (Å²) in [7, 11) is -4.61.